The highest BCUT2D eigenvalue weighted by atomic mass is 16.2. The average molecular weight is 148 g/mol. The van der Waals surface area contributed by atoms with Crippen molar-refractivity contribution in [3.05, 3.63) is 29.8 Å². The molecule has 0 saturated carbocycles. The summed E-state index contributed by atoms with van der Waals surface area (Å²) in [4.78, 5) is 10.8. The summed E-state index contributed by atoms with van der Waals surface area (Å²) in [6.45, 7) is 1.52. The van der Waals surface area contributed by atoms with E-state index in [0.29, 0.717) is 5.56 Å². The highest BCUT2D eigenvalue weighted by Gasteiger charge is 1.97. The average Bonchev–Trinajstić information content (AvgIpc) is 2.05. The van der Waals surface area contributed by atoms with E-state index in [4.69, 9.17) is 5.02 Å². The second kappa shape index (κ2) is 3.35. The largest absolute Gasteiger partial charge is 0.449 e. The number of hydrogen-bond donors (Lipinski definition) is 1. The van der Waals surface area contributed by atoms with E-state index < -0.39 is 0 Å². The van der Waals surface area contributed by atoms with Gasteiger partial charge in [-0.15, -0.1) is 0 Å². The zero-order valence-corrected chi connectivity index (χ0v) is 6.37. The number of hydrogen-bond acceptors (Lipinski definition) is 2. The Morgan fingerprint density at radius 3 is 2.27 bits per heavy atom. The molecule has 0 aliphatic carbocycles. The maximum Gasteiger partial charge on any atom is 0.304 e. The molecule has 3 heteroatoms. The molecule has 56 valence electrons. The van der Waals surface area contributed by atoms with E-state index in [9.17, 15) is 4.79 Å². The zero-order chi connectivity index (χ0) is 8.27. The molecule has 0 unspecified atom stereocenters. The van der Waals surface area contributed by atoms with Crippen LogP contribution >= 0.6 is 0 Å². The molecule has 0 aromatic heterocycles. The van der Waals surface area contributed by atoms with Gasteiger partial charge in [-0.05, 0) is 6.92 Å². The third-order valence-corrected chi connectivity index (χ3v) is 1.54. The van der Waals surface area contributed by atoms with E-state index in [1.54, 1.807) is 24.3 Å². The van der Waals surface area contributed by atoms with Crippen LogP contribution in [0.4, 0.5) is 0 Å². The molecule has 0 fully saturated rings. The first-order valence-electron chi connectivity index (χ1n) is 3.45. The van der Waals surface area contributed by atoms with Crippen molar-refractivity contribution in [3.8, 4) is 0 Å². The van der Waals surface area contributed by atoms with E-state index in [-0.39, 0.29) is 13.3 Å². The molecule has 0 heterocycles. The molecule has 2 nitrogen and oxygen atoms in total. The van der Waals surface area contributed by atoms with Crippen LogP contribution in [0.3, 0.4) is 0 Å². The Kier molecular flexibility index (Phi) is 2.44. The molecular formula is C8H9BO2. The fourth-order valence-electron chi connectivity index (χ4n) is 0.845. The van der Waals surface area contributed by atoms with E-state index >= 15 is 0 Å². The molecule has 0 spiro atoms. The molecule has 0 radical (unpaired) electrons. The van der Waals surface area contributed by atoms with Crippen molar-refractivity contribution in [2.45, 2.75) is 6.92 Å². The van der Waals surface area contributed by atoms with Gasteiger partial charge in [-0.3, -0.25) is 4.79 Å². The summed E-state index contributed by atoms with van der Waals surface area (Å²) in [7, 11) is 0.0260. The van der Waals surface area contributed by atoms with E-state index in [1.807, 2.05) is 0 Å². The summed E-state index contributed by atoms with van der Waals surface area (Å²) >= 11 is 0. The van der Waals surface area contributed by atoms with E-state index in [1.165, 1.54) is 6.92 Å². The molecule has 1 rings (SSSR count). The van der Waals surface area contributed by atoms with Crippen molar-refractivity contribution in [1.29, 1.82) is 0 Å². The van der Waals surface area contributed by atoms with Crippen LogP contribution in [0.2, 0.25) is 0 Å². The van der Waals surface area contributed by atoms with Crippen LogP contribution in [0.5, 0.6) is 0 Å². The lowest BCUT2D eigenvalue weighted by Gasteiger charge is -1.95. The second-order valence-corrected chi connectivity index (χ2v) is 2.41. The Hall–Kier alpha value is -1.09. The standard InChI is InChI=1S/C8H9BO2/c1-6(10)7-2-4-8(9-11)5-3-7/h2-5,9,11H,1H3. The Bertz CT molecular complexity index is 253. The van der Waals surface area contributed by atoms with Gasteiger partial charge in [0, 0.05) is 5.56 Å². The molecule has 0 atom stereocenters. The first-order valence-corrected chi connectivity index (χ1v) is 3.45. The van der Waals surface area contributed by atoms with Crippen molar-refractivity contribution in [3.63, 3.8) is 0 Å². The van der Waals surface area contributed by atoms with Crippen LogP contribution in [0.15, 0.2) is 24.3 Å². The summed E-state index contributed by atoms with van der Waals surface area (Å²) in [5.74, 6) is 0.0505. The van der Waals surface area contributed by atoms with Crippen LogP contribution in [0.1, 0.15) is 17.3 Å². The summed E-state index contributed by atoms with van der Waals surface area (Å²) in [5.41, 5.74) is 1.51. The molecule has 1 aromatic carbocycles. The summed E-state index contributed by atoms with van der Waals surface area (Å²) in [6.07, 6.45) is 0. The smallest absolute Gasteiger partial charge is 0.304 e. The molecule has 1 aromatic rings. The fourth-order valence-corrected chi connectivity index (χ4v) is 0.845. The monoisotopic (exact) mass is 148 g/mol. The fraction of sp³-hybridized carbons (Fsp3) is 0.125. The normalized spacial score (nSPS) is 9.27. The zero-order valence-electron chi connectivity index (χ0n) is 6.37. The van der Waals surface area contributed by atoms with Gasteiger partial charge >= 0.3 is 7.48 Å². The SMILES string of the molecule is CC(=O)c1ccc(BO)cc1. The van der Waals surface area contributed by atoms with Gasteiger partial charge < -0.3 is 5.02 Å². The first-order chi connectivity index (χ1) is 5.24. The van der Waals surface area contributed by atoms with Gasteiger partial charge in [0.2, 0.25) is 0 Å². The Morgan fingerprint density at radius 2 is 1.91 bits per heavy atom. The van der Waals surface area contributed by atoms with Crippen molar-refractivity contribution >= 4 is 18.7 Å². The number of ketones is 1. The van der Waals surface area contributed by atoms with Gasteiger partial charge in [0.15, 0.2) is 5.78 Å². The minimum absolute atomic E-state index is 0.0260. The van der Waals surface area contributed by atoms with Crippen molar-refractivity contribution in [1.82, 2.24) is 0 Å². The second-order valence-electron chi connectivity index (χ2n) is 2.41. The maximum absolute atomic E-state index is 10.8. The Morgan fingerprint density at radius 1 is 1.36 bits per heavy atom. The lowest BCUT2D eigenvalue weighted by molar-refractivity contribution is 0.101. The lowest BCUT2D eigenvalue weighted by Crippen LogP contribution is -2.12. The third kappa shape index (κ3) is 1.92. The summed E-state index contributed by atoms with van der Waals surface area (Å²) in [5, 5.41) is 8.68. The molecule has 11 heavy (non-hydrogen) atoms. The van der Waals surface area contributed by atoms with Crippen LogP contribution in [-0.4, -0.2) is 18.3 Å². The van der Waals surface area contributed by atoms with Crippen LogP contribution in [-0.2, 0) is 0 Å². The predicted octanol–water partition coefficient (Wildman–Crippen LogP) is -0.142. The van der Waals surface area contributed by atoms with Gasteiger partial charge in [-0.25, -0.2) is 0 Å². The number of carbonyl (C=O) groups is 1. The highest BCUT2D eigenvalue weighted by Crippen LogP contribution is 1.96. The quantitative estimate of drug-likeness (QED) is 0.468. The van der Waals surface area contributed by atoms with E-state index in [2.05, 4.69) is 0 Å². The minimum atomic E-state index is 0.0260. The first kappa shape index (κ1) is 8.02. The van der Waals surface area contributed by atoms with Crippen LogP contribution < -0.4 is 5.46 Å². The number of benzene rings is 1. The Balaban J connectivity index is 2.91. The molecule has 0 aliphatic rings. The van der Waals surface area contributed by atoms with Gasteiger partial charge in [-0.2, -0.15) is 0 Å². The molecule has 0 bridgehead atoms. The molecular weight excluding hydrogens is 139 g/mol. The van der Waals surface area contributed by atoms with Gasteiger partial charge in [0.1, 0.15) is 0 Å². The number of carbonyl (C=O) groups excluding carboxylic acids is 1. The van der Waals surface area contributed by atoms with Gasteiger partial charge in [-0.1, -0.05) is 29.7 Å². The maximum atomic E-state index is 10.8. The predicted molar refractivity (Wildman–Crippen MR) is 45.4 cm³/mol. The van der Waals surface area contributed by atoms with Gasteiger partial charge in [0.25, 0.3) is 0 Å². The molecule has 0 saturated heterocycles. The van der Waals surface area contributed by atoms with Crippen molar-refractivity contribution in [2.75, 3.05) is 0 Å². The van der Waals surface area contributed by atoms with Crippen molar-refractivity contribution in [2.24, 2.45) is 0 Å². The lowest BCUT2D eigenvalue weighted by atomic mass is 9.88. The topological polar surface area (TPSA) is 37.3 Å². The van der Waals surface area contributed by atoms with E-state index in [0.717, 1.165) is 5.46 Å². The number of Topliss-reactive ketones (excluding diaryl/α,β-unsaturated/α-hetero) is 1. The molecule has 0 amide bonds. The third-order valence-electron chi connectivity index (χ3n) is 1.54. The molecule has 0 aliphatic heterocycles. The number of rotatable bonds is 2. The summed E-state index contributed by atoms with van der Waals surface area (Å²) < 4.78 is 0. The highest BCUT2D eigenvalue weighted by molar-refractivity contribution is 6.45. The van der Waals surface area contributed by atoms with Crippen molar-refractivity contribution < 1.29 is 9.82 Å². The summed E-state index contributed by atoms with van der Waals surface area (Å²) in [6, 6.07) is 6.93. The Labute approximate surface area is 66.1 Å². The van der Waals surface area contributed by atoms with Gasteiger partial charge in [0.05, 0.1) is 0 Å². The minimum Gasteiger partial charge on any atom is -0.449 e. The molecule has 1 N–H and O–H groups in total. The van der Waals surface area contributed by atoms with Crippen LogP contribution in [0, 0.1) is 0 Å². The van der Waals surface area contributed by atoms with Crippen LogP contribution in [0.25, 0.3) is 0 Å².